The Morgan fingerprint density at radius 1 is 1.35 bits per heavy atom. The summed E-state index contributed by atoms with van der Waals surface area (Å²) in [5, 5.41) is 5.82. The van der Waals surface area contributed by atoms with Crippen molar-refractivity contribution in [1.29, 1.82) is 0 Å². The summed E-state index contributed by atoms with van der Waals surface area (Å²) in [5.74, 6) is -0.0861. The van der Waals surface area contributed by atoms with Crippen LogP contribution in [-0.2, 0) is 6.54 Å². The minimum atomic E-state index is -0.0861. The maximum atomic E-state index is 11.4. The summed E-state index contributed by atoms with van der Waals surface area (Å²) in [7, 11) is 1.62. The molecule has 1 amide bonds. The van der Waals surface area contributed by atoms with Gasteiger partial charge in [0.15, 0.2) is 0 Å². The zero-order valence-corrected chi connectivity index (χ0v) is 9.57. The van der Waals surface area contributed by atoms with Crippen molar-refractivity contribution >= 4 is 11.6 Å². The lowest BCUT2D eigenvalue weighted by molar-refractivity contribution is 0.0963. The van der Waals surface area contributed by atoms with E-state index < -0.39 is 0 Å². The number of carbonyl (C=O) groups excluding carboxylic acids is 1. The number of rotatable bonds is 4. The monoisotopic (exact) mass is 230 g/mol. The second-order valence-corrected chi connectivity index (χ2v) is 3.65. The molecule has 4 nitrogen and oxygen atoms in total. The van der Waals surface area contributed by atoms with Gasteiger partial charge in [0.1, 0.15) is 0 Å². The van der Waals surface area contributed by atoms with Gasteiger partial charge in [-0.3, -0.25) is 4.79 Å². The Hall–Kier alpha value is -2.23. The summed E-state index contributed by atoms with van der Waals surface area (Å²) in [5.41, 5.74) is 2.62. The molecule has 0 saturated heterocycles. The number of hydrogen-bond donors (Lipinski definition) is 2. The molecule has 2 rings (SSSR count). The number of nitrogens with one attached hydrogen (secondary N) is 2. The van der Waals surface area contributed by atoms with Gasteiger partial charge in [-0.1, -0.05) is 6.07 Å². The highest BCUT2D eigenvalue weighted by Crippen LogP contribution is 2.12. The number of furan rings is 1. The molecule has 1 aromatic heterocycles. The molecule has 0 fully saturated rings. The van der Waals surface area contributed by atoms with Crippen molar-refractivity contribution in [3.05, 3.63) is 54.0 Å². The van der Waals surface area contributed by atoms with Crippen LogP contribution in [0.4, 0.5) is 5.69 Å². The highest BCUT2D eigenvalue weighted by molar-refractivity contribution is 5.94. The average molecular weight is 230 g/mol. The molecule has 0 aliphatic carbocycles. The molecule has 1 aromatic carbocycles. The van der Waals surface area contributed by atoms with Crippen LogP contribution < -0.4 is 10.6 Å². The molecule has 0 radical (unpaired) electrons. The van der Waals surface area contributed by atoms with Crippen molar-refractivity contribution in [3.63, 3.8) is 0 Å². The summed E-state index contributed by atoms with van der Waals surface area (Å²) >= 11 is 0. The van der Waals surface area contributed by atoms with Gasteiger partial charge >= 0.3 is 0 Å². The molecule has 17 heavy (non-hydrogen) atoms. The summed E-state index contributed by atoms with van der Waals surface area (Å²) in [6.45, 7) is 0.674. The first kappa shape index (κ1) is 11.3. The van der Waals surface area contributed by atoms with Crippen LogP contribution in [-0.4, -0.2) is 13.0 Å². The normalized spacial score (nSPS) is 9.94. The molecule has 4 heteroatoms. The van der Waals surface area contributed by atoms with Crippen molar-refractivity contribution in [2.45, 2.75) is 6.54 Å². The van der Waals surface area contributed by atoms with Crippen LogP contribution >= 0.6 is 0 Å². The molecule has 2 N–H and O–H groups in total. The van der Waals surface area contributed by atoms with Gasteiger partial charge in [-0.25, -0.2) is 0 Å². The lowest BCUT2D eigenvalue weighted by atomic mass is 10.2. The first-order valence-corrected chi connectivity index (χ1v) is 5.36. The molecular weight excluding hydrogens is 216 g/mol. The van der Waals surface area contributed by atoms with Gasteiger partial charge in [-0.2, -0.15) is 0 Å². The van der Waals surface area contributed by atoms with Crippen LogP contribution in [0.15, 0.2) is 47.3 Å². The zero-order chi connectivity index (χ0) is 12.1. The third kappa shape index (κ3) is 2.87. The molecule has 0 spiro atoms. The predicted octanol–water partition coefficient (Wildman–Crippen LogP) is 2.25. The Morgan fingerprint density at radius 3 is 2.94 bits per heavy atom. The molecule has 88 valence electrons. The van der Waals surface area contributed by atoms with Crippen molar-refractivity contribution in [3.8, 4) is 0 Å². The van der Waals surface area contributed by atoms with E-state index in [1.54, 1.807) is 25.6 Å². The van der Waals surface area contributed by atoms with Gasteiger partial charge in [0.2, 0.25) is 0 Å². The Labute approximate surface area is 99.6 Å². The van der Waals surface area contributed by atoms with Gasteiger partial charge < -0.3 is 15.1 Å². The SMILES string of the molecule is CNC(=O)c1cccc(NCc2ccoc2)c1. The minimum absolute atomic E-state index is 0.0861. The van der Waals surface area contributed by atoms with Crippen LogP contribution in [0.2, 0.25) is 0 Å². The Morgan fingerprint density at radius 2 is 2.24 bits per heavy atom. The van der Waals surface area contributed by atoms with Crippen LogP contribution in [0.1, 0.15) is 15.9 Å². The molecule has 1 heterocycles. The maximum Gasteiger partial charge on any atom is 0.251 e. The second-order valence-electron chi connectivity index (χ2n) is 3.65. The Bertz CT molecular complexity index is 492. The third-order valence-corrected chi connectivity index (χ3v) is 2.43. The maximum absolute atomic E-state index is 11.4. The molecule has 0 aliphatic heterocycles. The van der Waals surface area contributed by atoms with Crippen molar-refractivity contribution in [1.82, 2.24) is 5.32 Å². The summed E-state index contributed by atoms with van der Waals surface area (Å²) in [6.07, 6.45) is 3.33. The number of amides is 1. The standard InChI is InChI=1S/C13H14N2O2/c1-14-13(16)11-3-2-4-12(7-11)15-8-10-5-6-17-9-10/h2-7,9,15H,8H2,1H3,(H,14,16). The topological polar surface area (TPSA) is 54.3 Å². The third-order valence-electron chi connectivity index (χ3n) is 2.43. The van der Waals surface area contributed by atoms with E-state index in [1.165, 1.54) is 0 Å². The van der Waals surface area contributed by atoms with Gasteiger partial charge in [-0.05, 0) is 24.3 Å². The Balaban J connectivity index is 2.03. The number of benzene rings is 1. The summed E-state index contributed by atoms with van der Waals surface area (Å²) < 4.78 is 4.98. The fourth-order valence-corrected chi connectivity index (χ4v) is 1.51. The Kier molecular flexibility index (Phi) is 3.45. The molecule has 2 aromatic rings. The molecule has 0 saturated carbocycles. The lowest BCUT2D eigenvalue weighted by Crippen LogP contribution is -2.17. The fourth-order valence-electron chi connectivity index (χ4n) is 1.51. The van der Waals surface area contributed by atoms with E-state index in [4.69, 9.17) is 4.42 Å². The van der Waals surface area contributed by atoms with Gasteiger partial charge in [0, 0.05) is 30.4 Å². The quantitative estimate of drug-likeness (QED) is 0.847. The first-order valence-electron chi connectivity index (χ1n) is 5.36. The van der Waals surface area contributed by atoms with Crippen LogP contribution in [0, 0.1) is 0 Å². The van der Waals surface area contributed by atoms with Crippen LogP contribution in [0.25, 0.3) is 0 Å². The van der Waals surface area contributed by atoms with E-state index in [-0.39, 0.29) is 5.91 Å². The van der Waals surface area contributed by atoms with Gasteiger partial charge in [-0.15, -0.1) is 0 Å². The van der Waals surface area contributed by atoms with Crippen molar-refractivity contribution in [2.75, 3.05) is 12.4 Å². The minimum Gasteiger partial charge on any atom is -0.472 e. The summed E-state index contributed by atoms with van der Waals surface area (Å²) in [6, 6.07) is 9.27. The summed E-state index contributed by atoms with van der Waals surface area (Å²) in [4.78, 5) is 11.4. The highest BCUT2D eigenvalue weighted by Gasteiger charge is 2.03. The smallest absolute Gasteiger partial charge is 0.251 e. The number of anilines is 1. The van der Waals surface area contributed by atoms with Crippen LogP contribution in [0.3, 0.4) is 0 Å². The van der Waals surface area contributed by atoms with Gasteiger partial charge in [0.25, 0.3) is 5.91 Å². The predicted molar refractivity (Wildman–Crippen MR) is 65.9 cm³/mol. The van der Waals surface area contributed by atoms with Crippen molar-refractivity contribution < 1.29 is 9.21 Å². The molecule has 0 aliphatic rings. The van der Waals surface area contributed by atoms with E-state index in [1.807, 2.05) is 24.3 Å². The average Bonchev–Trinajstić information content (AvgIpc) is 2.89. The van der Waals surface area contributed by atoms with E-state index in [0.717, 1.165) is 11.3 Å². The van der Waals surface area contributed by atoms with Crippen LogP contribution in [0.5, 0.6) is 0 Å². The van der Waals surface area contributed by atoms with Crippen molar-refractivity contribution in [2.24, 2.45) is 0 Å². The molecule has 0 atom stereocenters. The van der Waals surface area contributed by atoms with Gasteiger partial charge in [0.05, 0.1) is 12.5 Å². The fraction of sp³-hybridized carbons (Fsp3) is 0.154. The van der Waals surface area contributed by atoms with E-state index in [0.29, 0.717) is 12.1 Å². The van der Waals surface area contributed by atoms with E-state index in [2.05, 4.69) is 10.6 Å². The second kappa shape index (κ2) is 5.21. The highest BCUT2D eigenvalue weighted by atomic mass is 16.3. The first-order chi connectivity index (χ1) is 8.29. The number of hydrogen-bond acceptors (Lipinski definition) is 3. The zero-order valence-electron chi connectivity index (χ0n) is 9.57. The molecule has 0 bridgehead atoms. The molecular formula is C13H14N2O2. The molecule has 0 unspecified atom stereocenters. The van der Waals surface area contributed by atoms with E-state index >= 15 is 0 Å². The lowest BCUT2D eigenvalue weighted by Gasteiger charge is -2.06. The largest absolute Gasteiger partial charge is 0.472 e. The van der Waals surface area contributed by atoms with E-state index in [9.17, 15) is 4.79 Å². The number of carbonyl (C=O) groups is 1.